The number of aliphatic imine (C=N–C) groups is 1. The number of ether oxygens (including phenoxy) is 1. The number of rotatable bonds is 1. The second kappa shape index (κ2) is 3.69. The van der Waals surface area contributed by atoms with Gasteiger partial charge >= 0.3 is 6.09 Å². The SMILES string of the molecule is CCOC(=O)N1CC2CN=CC=C2N1. The Bertz CT molecular complexity index is 298. The lowest BCUT2D eigenvalue weighted by Crippen LogP contribution is -2.36. The number of carbonyl (C=O) groups is 1. The Morgan fingerprint density at radius 2 is 2.71 bits per heavy atom. The predicted octanol–water partition coefficient (Wildman–Crippen LogP) is 0.548. The maximum Gasteiger partial charge on any atom is 0.428 e. The van der Waals surface area contributed by atoms with Gasteiger partial charge in [-0.25, -0.2) is 9.80 Å². The molecule has 2 aliphatic heterocycles. The first-order valence-corrected chi connectivity index (χ1v) is 4.72. The van der Waals surface area contributed by atoms with Crippen molar-refractivity contribution in [2.75, 3.05) is 19.7 Å². The minimum absolute atomic E-state index is 0.310. The molecule has 1 N–H and O–H groups in total. The molecule has 0 aromatic rings. The first-order chi connectivity index (χ1) is 6.81. The van der Waals surface area contributed by atoms with E-state index in [-0.39, 0.29) is 6.09 Å². The summed E-state index contributed by atoms with van der Waals surface area (Å²) in [5.41, 5.74) is 4.06. The van der Waals surface area contributed by atoms with Gasteiger partial charge in [0, 0.05) is 24.4 Å². The zero-order chi connectivity index (χ0) is 9.97. The van der Waals surface area contributed by atoms with Gasteiger partial charge in [-0.05, 0) is 13.0 Å². The molecule has 0 radical (unpaired) electrons. The molecule has 0 aromatic carbocycles. The van der Waals surface area contributed by atoms with E-state index in [0.29, 0.717) is 19.1 Å². The number of allylic oxidation sites excluding steroid dienone is 1. The Labute approximate surface area is 82.4 Å². The van der Waals surface area contributed by atoms with Crippen LogP contribution in [0.2, 0.25) is 0 Å². The molecule has 14 heavy (non-hydrogen) atoms. The Hall–Kier alpha value is -1.52. The molecule has 2 aliphatic rings. The fourth-order valence-electron chi connectivity index (χ4n) is 1.58. The van der Waals surface area contributed by atoms with Crippen LogP contribution in [0.15, 0.2) is 16.8 Å². The quantitative estimate of drug-likeness (QED) is 0.664. The fraction of sp³-hybridized carbons (Fsp3) is 0.556. The number of carbonyl (C=O) groups excluding carboxylic acids is 1. The topological polar surface area (TPSA) is 53.9 Å². The van der Waals surface area contributed by atoms with E-state index in [1.807, 2.05) is 6.08 Å². The summed E-state index contributed by atoms with van der Waals surface area (Å²) in [5.74, 6) is 0.310. The van der Waals surface area contributed by atoms with Crippen molar-refractivity contribution in [3.8, 4) is 0 Å². The second-order valence-corrected chi connectivity index (χ2v) is 3.25. The maximum absolute atomic E-state index is 11.4. The molecule has 0 saturated carbocycles. The van der Waals surface area contributed by atoms with Gasteiger partial charge in [0.15, 0.2) is 0 Å². The van der Waals surface area contributed by atoms with Crippen LogP contribution in [-0.4, -0.2) is 37.0 Å². The van der Waals surface area contributed by atoms with Crippen molar-refractivity contribution in [2.24, 2.45) is 10.9 Å². The minimum Gasteiger partial charge on any atom is -0.448 e. The fourth-order valence-corrected chi connectivity index (χ4v) is 1.58. The van der Waals surface area contributed by atoms with Gasteiger partial charge in [-0.15, -0.1) is 0 Å². The first kappa shape index (κ1) is 9.05. The van der Waals surface area contributed by atoms with Gasteiger partial charge in [-0.2, -0.15) is 0 Å². The normalized spacial score (nSPS) is 23.9. The van der Waals surface area contributed by atoms with E-state index in [4.69, 9.17) is 4.74 Å². The van der Waals surface area contributed by atoms with Gasteiger partial charge < -0.3 is 4.74 Å². The van der Waals surface area contributed by atoms with Crippen LogP contribution in [0.3, 0.4) is 0 Å². The number of nitrogens with zero attached hydrogens (tertiary/aromatic N) is 2. The highest BCUT2D eigenvalue weighted by molar-refractivity contribution is 5.74. The molecule has 1 amide bonds. The van der Waals surface area contributed by atoms with Gasteiger partial charge in [-0.1, -0.05) is 0 Å². The molecule has 2 rings (SSSR count). The molecule has 5 nitrogen and oxygen atoms in total. The van der Waals surface area contributed by atoms with Crippen molar-refractivity contribution in [1.82, 2.24) is 10.4 Å². The van der Waals surface area contributed by atoms with E-state index in [0.717, 1.165) is 12.2 Å². The van der Waals surface area contributed by atoms with Crippen molar-refractivity contribution < 1.29 is 9.53 Å². The van der Waals surface area contributed by atoms with Crippen molar-refractivity contribution in [3.05, 3.63) is 11.8 Å². The molecule has 0 aliphatic carbocycles. The number of hydrogen-bond acceptors (Lipinski definition) is 4. The number of amides is 1. The van der Waals surface area contributed by atoms with Crippen molar-refractivity contribution in [2.45, 2.75) is 6.92 Å². The van der Waals surface area contributed by atoms with Crippen LogP contribution in [0.5, 0.6) is 0 Å². The molecule has 0 aromatic heterocycles. The van der Waals surface area contributed by atoms with E-state index >= 15 is 0 Å². The third-order valence-electron chi connectivity index (χ3n) is 2.28. The first-order valence-electron chi connectivity index (χ1n) is 4.72. The zero-order valence-corrected chi connectivity index (χ0v) is 8.06. The van der Waals surface area contributed by atoms with E-state index in [9.17, 15) is 4.79 Å². The summed E-state index contributed by atoms with van der Waals surface area (Å²) in [4.78, 5) is 15.5. The predicted molar refractivity (Wildman–Crippen MR) is 51.8 cm³/mol. The molecule has 1 atom stereocenters. The van der Waals surface area contributed by atoms with Crippen molar-refractivity contribution in [3.63, 3.8) is 0 Å². The van der Waals surface area contributed by atoms with Crippen molar-refractivity contribution in [1.29, 1.82) is 0 Å². The summed E-state index contributed by atoms with van der Waals surface area (Å²) in [5, 5.41) is 1.49. The van der Waals surface area contributed by atoms with Crippen LogP contribution in [0.4, 0.5) is 4.79 Å². The van der Waals surface area contributed by atoms with Gasteiger partial charge in [0.2, 0.25) is 0 Å². The standard InChI is InChI=1S/C9H13N3O2/c1-2-14-9(13)12-6-7-5-10-4-3-8(7)11-12/h3-4,7,11H,2,5-6H2,1H3. The van der Waals surface area contributed by atoms with Crippen LogP contribution in [0, 0.1) is 5.92 Å². The van der Waals surface area contributed by atoms with Crippen LogP contribution in [0.25, 0.3) is 0 Å². The number of nitrogens with one attached hydrogen (secondary N) is 1. The van der Waals surface area contributed by atoms with Crippen molar-refractivity contribution >= 4 is 12.3 Å². The third-order valence-corrected chi connectivity index (χ3v) is 2.28. The molecule has 0 spiro atoms. The van der Waals surface area contributed by atoms with Crippen LogP contribution >= 0.6 is 0 Å². The smallest absolute Gasteiger partial charge is 0.428 e. The average Bonchev–Trinajstić information content (AvgIpc) is 2.61. The summed E-state index contributed by atoms with van der Waals surface area (Å²) in [6.07, 6.45) is 3.34. The summed E-state index contributed by atoms with van der Waals surface area (Å²) in [6.45, 7) is 3.58. The van der Waals surface area contributed by atoms with Gasteiger partial charge in [0.05, 0.1) is 13.2 Å². The Kier molecular flexibility index (Phi) is 2.39. The highest BCUT2D eigenvalue weighted by Crippen LogP contribution is 2.20. The molecular weight excluding hydrogens is 182 g/mol. The Morgan fingerprint density at radius 3 is 3.43 bits per heavy atom. The number of dihydropyridines is 1. The highest BCUT2D eigenvalue weighted by atomic mass is 16.6. The lowest BCUT2D eigenvalue weighted by Gasteiger charge is -2.14. The lowest BCUT2D eigenvalue weighted by atomic mass is 10.1. The Balaban J connectivity index is 1.98. The third kappa shape index (κ3) is 1.57. The molecule has 5 heteroatoms. The largest absolute Gasteiger partial charge is 0.448 e. The monoisotopic (exact) mass is 195 g/mol. The second-order valence-electron chi connectivity index (χ2n) is 3.25. The molecule has 2 heterocycles. The zero-order valence-electron chi connectivity index (χ0n) is 8.06. The highest BCUT2D eigenvalue weighted by Gasteiger charge is 2.31. The Morgan fingerprint density at radius 1 is 1.86 bits per heavy atom. The van der Waals surface area contributed by atoms with Gasteiger partial charge in [-0.3, -0.25) is 10.4 Å². The summed E-state index contributed by atoms with van der Waals surface area (Å²) < 4.78 is 4.89. The molecule has 1 saturated heterocycles. The molecule has 76 valence electrons. The maximum atomic E-state index is 11.4. The van der Waals surface area contributed by atoms with E-state index < -0.39 is 0 Å². The van der Waals surface area contributed by atoms with E-state index in [1.165, 1.54) is 5.01 Å². The molecular formula is C9H13N3O2. The summed E-state index contributed by atoms with van der Waals surface area (Å²) >= 11 is 0. The van der Waals surface area contributed by atoms with Gasteiger partial charge in [0.1, 0.15) is 0 Å². The number of hydrazine groups is 1. The van der Waals surface area contributed by atoms with Crippen LogP contribution in [0.1, 0.15) is 6.92 Å². The number of hydrogen-bond donors (Lipinski definition) is 1. The van der Waals surface area contributed by atoms with Crippen LogP contribution in [-0.2, 0) is 4.74 Å². The summed E-state index contributed by atoms with van der Waals surface area (Å²) in [6, 6.07) is 0. The van der Waals surface area contributed by atoms with E-state index in [2.05, 4.69) is 10.4 Å². The summed E-state index contributed by atoms with van der Waals surface area (Å²) in [7, 11) is 0. The molecule has 1 fully saturated rings. The molecule has 1 unspecified atom stereocenters. The average molecular weight is 195 g/mol. The van der Waals surface area contributed by atoms with Crippen LogP contribution < -0.4 is 5.43 Å². The molecule has 0 bridgehead atoms. The lowest BCUT2D eigenvalue weighted by molar-refractivity contribution is 0.101. The minimum atomic E-state index is -0.317. The van der Waals surface area contributed by atoms with Gasteiger partial charge in [0.25, 0.3) is 0 Å². The number of fused-ring (bicyclic) bond motifs is 1. The van der Waals surface area contributed by atoms with E-state index in [1.54, 1.807) is 13.1 Å².